The van der Waals surface area contributed by atoms with Crippen molar-refractivity contribution < 1.29 is 18.0 Å². The molecular formula is C19H23N3O4S. The predicted molar refractivity (Wildman–Crippen MR) is 98.9 cm³/mol. The first-order chi connectivity index (χ1) is 12.9. The first-order valence-corrected chi connectivity index (χ1v) is 11.1. The topological polar surface area (TPSA) is 78.0 Å². The monoisotopic (exact) mass is 389 g/mol. The van der Waals surface area contributed by atoms with Gasteiger partial charge in [0.1, 0.15) is 0 Å². The Morgan fingerprint density at radius 2 is 1.59 bits per heavy atom. The summed E-state index contributed by atoms with van der Waals surface area (Å²) >= 11 is 0. The summed E-state index contributed by atoms with van der Waals surface area (Å²) in [6, 6.07) is 3.50. The second-order valence-electron chi connectivity index (χ2n) is 7.89. The average molecular weight is 389 g/mol. The van der Waals surface area contributed by atoms with E-state index in [1.807, 2.05) is 0 Å². The quantitative estimate of drug-likeness (QED) is 0.765. The highest BCUT2D eigenvalue weighted by Crippen LogP contribution is 2.39. The van der Waals surface area contributed by atoms with Crippen LogP contribution in [0.25, 0.3) is 0 Å². The number of piperazine rings is 1. The van der Waals surface area contributed by atoms with Gasteiger partial charge in [0.2, 0.25) is 21.8 Å². The van der Waals surface area contributed by atoms with Crippen molar-refractivity contribution in [3.63, 3.8) is 0 Å². The van der Waals surface area contributed by atoms with Crippen LogP contribution in [0.15, 0.2) is 17.0 Å². The van der Waals surface area contributed by atoms with E-state index in [0.29, 0.717) is 56.9 Å². The van der Waals surface area contributed by atoms with Gasteiger partial charge in [-0.3, -0.25) is 9.59 Å². The molecule has 3 aliphatic heterocycles. The van der Waals surface area contributed by atoms with Gasteiger partial charge in [-0.1, -0.05) is 0 Å². The van der Waals surface area contributed by atoms with Crippen molar-refractivity contribution in [3.05, 3.63) is 23.3 Å². The van der Waals surface area contributed by atoms with E-state index in [1.54, 1.807) is 21.9 Å². The zero-order valence-electron chi connectivity index (χ0n) is 15.2. The van der Waals surface area contributed by atoms with E-state index < -0.39 is 10.0 Å². The van der Waals surface area contributed by atoms with E-state index in [0.717, 1.165) is 29.7 Å². The van der Waals surface area contributed by atoms with Crippen molar-refractivity contribution in [2.24, 2.45) is 5.92 Å². The summed E-state index contributed by atoms with van der Waals surface area (Å²) in [7, 11) is -3.58. The molecule has 1 saturated heterocycles. The lowest BCUT2D eigenvalue weighted by Crippen LogP contribution is -2.50. The molecule has 0 N–H and O–H groups in total. The zero-order valence-corrected chi connectivity index (χ0v) is 16.0. The number of benzene rings is 1. The van der Waals surface area contributed by atoms with E-state index in [4.69, 9.17) is 0 Å². The van der Waals surface area contributed by atoms with Crippen LogP contribution in [0.1, 0.15) is 30.4 Å². The molecule has 0 unspecified atom stereocenters. The average Bonchev–Trinajstić information content (AvgIpc) is 3.44. The van der Waals surface area contributed by atoms with Gasteiger partial charge in [0.25, 0.3) is 0 Å². The van der Waals surface area contributed by atoms with Crippen LogP contribution in [0.2, 0.25) is 0 Å². The van der Waals surface area contributed by atoms with Gasteiger partial charge >= 0.3 is 0 Å². The fourth-order valence-electron chi connectivity index (χ4n) is 4.46. The van der Waals surface area contributed by atoms with Gasteiger partial charge in [-0.15, -0.1) is 0 Å². The Labute approximate surface area is 159 Å². The third-order valence-corrected chi connectivity index (χ3v) is 8.02. The van der Waals surface area contributed by atoms with Gasteiger partial charge in [-0.05, 0) is 48.9 Å². The first-order valence-electron chi connectivity index (χ1n) is 9.70. The number of carbonyl (C=O) groups excluding carboxylic acids is 2. The van der Waals surface area contributed by atoms with Crippen LogP contribution in [0.4, 0.5) is 5.69 Å². The standard InChI is InChI=1S/C19H23N3O4S/c23-17-4-3-14-11-16(12-15-5-6-22(17)18(14)15)27(25,26)21-9-7-20(8-10-21)19(24)13-1-2-13/h11-13H,1-10H2. The van der Waals surface area contributed by atoms with Gasteiger partial charge in [-0.25, -0.2) is 8.42 Å². The molecule has 27 heavy (non-hydrogen) atoms. The maximum Gasteiger partial charge on any atom is 0.243 e. The first kappa shape index (κ1) is 17.2. The summed E-state index contributed by atoms with van der Waals surface area (Å²) in [4.78, 5) is 28.2. The maximum atomic E-state index is 13.2. The molecule has 7 nitrogen and oxygen atoms in total. The summed E-state index contributed by atoms with van der Waals surface area (Å²) in [5.41, 5.74) is 2.86. The van der Waals surface area contributed by atoms with E-state index in [1.165, 1.54) is 4.31 Å². The number of carbonyl (C=O) groups is 2. The SMILES string of the molecule is O=C(C1CC1)N1CCN(S(=O)(=O)c2cc3c4c(c2)CCN4C(=O)CC3)CC1. The largest absolute Gasteiger partial charge is 0.340 e. The van der Waals surface area contributed by atoms with Crippen LogP contribution in [0.5, 0.6) is 0 Å². The van der Waals surface area contributed by atoms with Crippen LogP contribution >= 0.6 is 0 Å². The van der Waals surface area contributed by atoms with Crippen molar-refractivity contribution in [3.8, 4) is 0 Å². The number of nitrogens with zero attached hydrogens (tertiary/aromatic N) is 3. The maximum absolute atomic E-state index is 13.2. The second kappa shape index (κ2) is 6.04. The molecule has 144 valence electrons. The van der Waals surface area contributed by atoms with Crippen molar-refractivity contribution >= 4 is 27.5 Å². The van der Waals surface area contributed by atoms with Crippen LogP contribution in [-0.2, 0) is 32.5 Å². The fraction of sp³-hybridized carbons (Fsp3) is 0.579. The van der Waals surface area contributed by atoms with E-state index in [-0.39, 0.29) is 17.7 Å². The van der Waals surface area contributed by atoms with Crippen molar-refractivity contribution in [2.75, 3.05) is 37.6 Å². The Morgan fingerprint density at radius 1 is 0.926 bits per heavy atom. The van der Waals surface area contributed by atoms with E-state index in [2.05, 4.69) is 0 Å². The molecule has 1 saturated carbocycles. The molecule has 0 radical (unpaired) electrons. The Morgan fingerprint density at radius 3 is 2.26 bits per heavy atom. The highest BCUT2D eigenvalue weighted by molar-refractivity contribution is 7.89. The normalized spacial score (nSPS) is 22.9. The fourth-order valence-corrected chi connectivity index (χ4v) is 5.99. The Kier molecular flexibility index (Phi) is 3.84. The minimum absolute atomic E-state index is 0.133. The third kappa shape index (κ3) is 2.77. The molecule has 8 heteroatoms. The number of hydrogen-bond acceptors (Lipinski definition) is 4. The van der Waals surface area contributed by atoms with Crippen LogP contribution < -0.4 is 4.90 Å². The number of amides is 2. The summed E-state index contributed by atoms with van der Waals surface area (Å²) in [5.74, 6) is 0.482. The van der Waals surface area contributed by atoms with Crippen molar-refractivity contribution in [1.82, 2.24) is 9.21 Å². The lowest BCUT2D eigenvalue weighted by molar-refractivity contribution is -0.133. The summed E-state index contributed by atoms with van der Waals surface area (Å²) in [5, 5.41) is 0. The van der Waals surface area contributed by atoms with Gasteiger partial charge in [0.15, 0.2) is 0 Å². The molecule has 0 spiro atoms. The van der Waals surface area contributed by atoms with Crippen LogP contribution in [0, 0.1) is 5.92 Å². The summed E-state index contributed by atoms with van der Waals surface area (Å²) < 4.78 is 27.9. The molecule has 1 aromatic rings. The smallest absolute Gasteiger partial charge is 0.243 e. The molecule has 1 aliphatic carbocycles. The van der Waals surface area contributed by atoms with Crippen molar-refractivity contribution in [2.45, 2.75) is 37.0 Å². The Balaban J connectivity index is 1.38. The highest BCUT2D eigenvalue weighted by Gasteiger charge is 2.38. The Hall–Kier alpha value is -1.93. The molecule has 1 aromatic carbocycles. The van der Waals surface area contributed by atoms with E-state index >= 15 is 0 Å². The predicted octanol–water partition coefficient (Wildman–Crippen LogP) is 0.765. The molecule has 0 aromatic heterocycles. The zero-order chi connectivity index (χ0) is 18.8. The van der Waals surface area contributed by atoms with Gasteiger partial charge in [0, 0.05) is 45.1 Å². The number of sulfonamides is 1. The molecular weight excluding hydrogens is 366 g/mol. The molecule has 0 bridgehead atoms. The highest BCUT2D eigenvalue weighted by atomic mass is 32.2. The molecule has 2 fully saturated rings. The minimum atomic E-state index is -3.58. The summed E-state index contributed by atoms with van der Waals surface area (Å²) in [6.45, 7) is 2.27. The lowest BCUT2D eigenvalue weighted by Gasteiger charge is -2.34. The lowest BCUT2D eigenvalue weighted by atomic mass is 10.00. The van der Waals surface area contributed by atoms with Gasteiger partial charge in [-0.2, -0.15) is 4.31 Å². The summed E-state index contributed by atoms with van der Waals surface area (Å²) in [6.07, 6.45) is 3.69. The van der Waals surface area contributed by atoms with Crippen molar-refractivity contribution in [1.29, 1.82) is 0 Å². The number of rotatable bonds is 3. The second-order valence-corrected chi connectivity index (χ2v) is 9.83. The number of aryl methyl sites for hydroxylation is 1. The number of hydrogen-bond donors (Lipinski definition) is 0. The molecule has 0 atom stereocenters. The van der Waals surface area contributed by atoms with E-state index in [9.17, 15) is 18.0 Å². The minimum Gasteiger partial charge on any atom is -0.340 e. The molecule has 4 aliphatic rings. The molecule has 2 amide bonds. The number of anilines is 1. The van der Waals surface area contributed by atoms with Gasteiger partial charge in [0.05, 0.1) is 10.6 Å². The van der Waals surface area contributed by atoms with Crippen LogP contribution in [0.3, 0.4) is 0 Å². The molecule has 3 heterocycles. The van der Waals surface area contributed by atoms with Gasteiger partial charge < -0.3 is 9.80 Å². The van der Waals surface area contributed by atoms with Crippen LogP contribution in [-0.4, -0.2) is 62.2 Å². The third-order valence-electron chi connectivity index (χ3n) is 6.14. The molecule has 5 rings (SSSR count). The Bertz CT molecular complexity index is 931.